The van der Waals surface area contributed by atoms with Gasteiger partial charge in [-0.25, -0.2) is 0 Å². The van der Waals surface area contributed by atoms with Gasteiger partial charge in [-0.05, 0) is 31.4 Å². The van der Waals surface area contributed by atoms with E-state index in [9.17, 15) is 4.79 Å². The largest absolute Gasteiger partial charge is 0.380 e. The van der Waals surface area contributed by atoms with Crippen molar-refractivity contribution in [3.63, 3.8) is 0 Å². The second-order valence-electron chi connectivity index (χ2n) is 6.15. The number of nitrogens with zero attached hydrogens (tertiary/aromatic N) is 1. The zero-order valence-electron chi connectivity index (χ0n) is 13.9. The molecule has 1 fully saturated rings. The van der Waals surface area contributed by atoms with Crippen LogP contribution in [0, 0.1) is 6.92 Å². The summed E-state index contributed by atoms with van der Waals surface area (Å²) >= 11 is 0. The van der Waals surface area contributed by atoms with Gasteiger partial charge in [-0.2, -0.15) is 0 Å². The number of rotatable bonds is 6. The minimum absolute atomic E-state index is 0.114. The van der Waals surface area contributed by atoms with E-state index in [0.717, 1.165) is 25.1 Å². The van der Waals surface area contributed by atoms with Gasteiger partial charge in [0.25, 0.3) is 5.91 Å². The molecule has 0 radical (unpaired) electrons. The number of carbonyl (C=O) groups is 1. The molecule has 1 unspecified atom stereocenters. The Hall–Kier alpha value is -2.40. The molecule has 3 rings (SSSR count). The smallest absolute Gasteiger partial charge is 0.253 e. The number of hydrogen-bond donors (Lipinski definition) is 2. The summed E-state index contributed by atoms with van der Waals surface area (Å²) in [4.78, 5) is 16.4. The predicted octanol–water partition coefficient (Wildman–Crippen LogP) is 2.91. The van der Waals surface area contributed by atoms with Crippen LogP contribution in [0.2, 0.25) is 0 Å². The average Bonchev–Trinajstić information content (AvgIpc) is 3.12. The number of aryl methyl sites for hydroxylation is 1. The van der Waals surface area contributed by atoms with Gasteiger partial charge >= 0.3 is 0 Å². The highest BCUT2D eigenvalue weighted by Crippen LogP contribution is 2.13. The third kappa shape index (κ3) is 4.55. The van der Waals surface area contributed by atoms with E-state index in [2.05, 4.69) is 40.7 Å². The zero-order valence-corrected chi connectivity index (χ0v) is 13.9. The molecule has 0 aliphatic carbocycles. The molecular weight excluding hydrogens is 302 g/mol. The number of benzene rings is 1. The van der Waals surface area contributed by atoms with Crippen LogP contribution in [-0.4, -0.2) is 30.1 Å². The summed E-state index contributed by atoms with van der Waals surface area (Å²) in [5.74, 6) is -0.114. The fourth-order valence-electron chi connectivity index (χ4n) is 2.80. The Morgan fingerprint density at radius 1 is 1.33 bits per heavy atom. The van der Waals surface area contributed by atoms with Gasteiger partial charge in [0.15, 0.2) is 0 Å². The van der Waals surface area contributed by atoms with Gasteiger partial charge in [0, 0.05) is 32.1 Å². The minimum atomic E-state index is -0.114. The summed E-state index contributed by atoms with van der Waals surface area (Å²) in [6.07, 6.45) is 5.54. The molecule has 1 saturated heterocycles. The van der Waals surface area contributed by atoms with E-state index in [0.29, 0.717) is 18.7 Å². The normalized spacial score (nSPS) is 16.8. The Kier molecular flexibility index (Phi) is 5.43. The SMILES string of the molecule is Cc1cccc(CNc2cncc(C(=O)NCC3CCCO3)c2)c1. The second-order valence-corrected chi connectivity index (χ2v) is 6.15. The van der Waals surface area contributed by atoms with Gasteiger partial charge in [-0.1, -0.05) is 29.8 Å². The molecule has 1 amide bonds. The highest BCUT2D eigenvalue weighted by atomic mass is 16.5. The number of nitrogens with one attached hydrogen (secondary N) is 2. The summed E-state index contributed by atoms with van der Waals surface area (Å²) in [6, 6.07) is 10.2. The second kappa shape index (κ2) is 7.93. The lowest BCUT2D eigenvalue weighted by Crippen LogP contribution is -2.31. The predicted molar refractivity (Wildman–Crippen MR) is 94.0 cm³/mol. The monoisotopic (exact) mass is 325 g/mol. The molecular formula is C19H23N3O2. The Balaban J connectivity index is 1.55. The standard InChI is InChI=1S/C19H23N3O2/c1-14-4-2-5-15(8-14)10-21-17-9-16(11-20-12-17)19(23)22-13-18-6-3-7-24-18/h2,4-5,8-9,11-12,18,21H,3,6-7,10,13H2,1H3,(H,22,23). The number of amides is 1. The van der Waals surface area contributed by atoms with E-state index in [1.807, 2.05) is 12.1 Å². The van der Waals surface area contributed by atoms with E-state index in [-0.39, 0.29) is 12.0 Å². The molecule has 5 heteroatoms. The number of anilines is 1. The van der Waals surface area contributed by atoms with Crippen molar-refractivity contribution < 1.29 is 9.53 Å². The molecule has 0 bridgehead atoms. The lowest BCUT2D eigenvalue weighted by atomic mass is 10.1. The van der Waals surface area contributed by atoms with Crippen molar-refractivity contribution in [2.75, 3.05) is 18.5 Å². The number of pyridine rings is 1. The highest BCUT2D eigenvalue weighted by molar-refractivity contribution is 5.94. The first-order valence-electron chi connectivity index (χ1n) is 8.35. The molecule has 0 saturated carbocycles. The Labute approximate surface area is 142 Å². The third-order valence-corrected chi connectivity index (χ3v) is 4.09. The quantitative estimate of drug-likeness (QED) is 0.857. The maximum atomic E-state index is 12.2. The van der Waals surface area contributed by atoms with Crippen molar-refractivity contribution in [2.45, 2.75) is 32.4 Å². The van der Waals surface area contributed by atoms with Crippen LogP contribution >= 0.6 is 0 Å². The molecule has 1 aromatic carbocycles. The number of hydrogen-bond acceptors (Lipinski definition) is 4. The van der Waals surface area contributed by atoms with E-state index < -0.39 is 0 Å². The van der Waals surface area contributed by atoms with Crippen LogP contribution < -0.4 is 10.6 Å². The summed E-state index contributed by atoms with van der Waals surface area (Å²) in [5.41, 5.74) is 3.82. The van der Waals surface area contributed by atoms with Gasteiger partial charge in [0.2, 0.25) is 0 Å². The Morgan fingerprint density at radius 3 is 3.04 bits per heavy atom. The lowest BCUT2D eigenvalue weighted by molar-refractivity contribution is 0.0857. The molecule has 1 aliphatic rings. The fourth-order valence-corrected chi connectivity index (χ4v) is 2.80. The van der Waals surface area contributed by atoms with E-state index >= 15 is 0 Å². The van der Waals surface area contributed by atoms with Crippen molar-refractivity contribution in [3.05, 3.63) is 59.4 Å². The van der Waals surface area contributed by atoms with Crippen LogP contribution in [0.1, 0.15) is 34.3 Å². The topological polar surface area (TPSA) is 63.2 Å². The zero-order chi connectivity index (χ0) is 16.8. The Morgan fingerprint density at radius 2 is 2.25 bits per heavy atom. The molecule has 5 nitrogen and oxygen atoms in total. The molecule has 1 aliphatic heterocycles. The fraction of sp³-hybridized carbons (Fsp3) is 0.368. The van der Waals surface area contributed by atoms with E-state index in [1.54, 1.807) is 12.4 Å². The van der Waals surface area contributed by atoms with Gasteiger partial charge in [0.05, 0.1) is 17.4 Å². The van der Waals surface area contributed by atoms with Gasteiger partial charge in [-0.3, -0.25) is 9.78 Å². The summed E-state index contributed by atoms with van der Waals surface area (Å²) in [6.45, 7) is 4.12. The molecule has 2 aromatic rings. The summed E-state index contributed by atoms with van der Waals surface area (Å²) < 4.78 is 5.52. The highest BCUT2D eigenvalue weighted by Gasteiger charge is 2.16. The molecule has 1 aromatic heterocycles. The average molecular weight is 325 g/mol. The number of carbonyl (C=O) groups excluding carboxylic acids is 1. The van der Waals surface area contributed by atoms with Crippen LogP contribution in [0.15, 0.2) is 42.7 Å². The maximum absolute atomic E-state index is 12.2. The molecule has 1 atom stereocenters. The molecule has 2 heterocycles. The van der Waals surface area contributed by atoms with Crippen molar-refractivity contribution in [3.8, 4) is 0 Å². The number of aromatic nitrogens is 1. The first-order chi connectivity index (χ1) is 11.7. The summed E-state index contributed by atoms with van der Waals surface area (Å²) in [7, 11) is 0. The van der Waals surface area contributed by atoms with Crippen LogP contribution in [0.3, 0.4) is 0 Å². The first kappa shape index (κ1) is 16.5. The van der Waals surface area contributed by atoms with Crippen LogP contribution in [0.4, 0.5) is 5.69 Å². The van der Waals surface area contributed by atoms with Gasteiger partial charge in [0.1, 0.15) is 0 Å². The molecule has 2 N–H and O–H groups in total. The van der Waals surface area contributed by atoms with Crippen molar-refractivity contribution in [1.29, 1.82) is 0 Å². The maximum Gasteiger partial charge on any atom is 0.253 e. The van der Waals surface area contributed by atoms with Crippen LogP contribution in [0.25, 0.3) is 0 Å². The molecule has 126 valence electrons. The van der Waals surface area contributed by atoms with Crippen molar-refractivity contribution in [2.24, 2.45) is 0 Å². The van der Waals surface area contributed by atoms with Crippen LogP contribution in [0.5, 0.6) is 0 Å². The van der Waals surface area contributed by atoms with Crippen molar-refractivity contribution in [1.82, 2.24) is 10.3 Å². The minimum Gasteiger partial charge on any atom is -0.380 e. The number of ether oxygens (including phenoxy) is 1. The third-order valence-electron chi connectivity index (χ3n) is 4.09. The lowest BCUT2D eigenvalue weighted by Gasteiger charge is -2.12. The molecule has 24 heavy (non-hydrogen) atoms. The first-order valence-corrected chi connectivity index (χ1v) is 8.35. The van der Waals surface area contributed by atoms with Gasteiger partial charge in [-0.15, -0.1) is 0 Å². The summed E-state index contributed by atoms with van der Waals surface area (Å²) in [5, 5.41) is 6.23. The van der Waals surface area contributed by atoms with Crippen molar-refractivity contribution >= 4 is 11.6 Å². The van der Waals surface area contributed by atoms with E-state index in [4.69, 9.17) is 4.74 Å². The Bertz CT molecular complexity index is 697. The van der Waals surface area contributed by atoms with E-state index in [1.165, 1.54) is 11.1 Å². The van der Waals surface area contributed by atoms with Gasteiger partial charge < -0.3 is 15.4 Å². The van der Waals surface area contributed by atoms with Crippen LogP contribution in [-0.2, 0) is 11.3 Å². The molecule has 0 spiro atoms.